The molecule has 0 aliphatic carbocycles. The van der Waals surface area contributed by atoms with Crippen molar-refractivity contribution in [2.75, 3.05) is 20.8 Å². The second-order valence-corrected chi connectivity index (χ2v) is 7.42. The smallest absolute Gasteiger partial charge is 0.244 e. The second kappa shape index (κ2) is 7.02. The van der Waals surface area contributed by atoms with E-state index < -0.39 is 26.3 Å². The number of ether oxygens (including phenoxy) is 1. The molecule has 0 atom stereocenters. The van der Waals surface area contributed by atoms with E-state index in [2.05, 4.69) is 10.0 Å². The minimum absolute atomic E-state index is 0.151. The van der Waals surface area contributed by atoms with Gasteiger partial charge in [-0.25, -0.2) is 17.5 Å². The summed E-state index contributed by atoms with van der Waals surface area (Å²) in [5.74, 6) is -0.811. The van der Waals surface area contributed by atoms with Crippen molar-refractivity contribution in [3.8, 4) is 0 Å². The van der Waals surface area contributed by atoms with Gasteiger partial charge in [0.05, 0.1) is 12.1 Å². The first-order valence-electron chi connectivity index (χ1n) is 6.28. The van der Waals surface area contributed by atoms with Gasteiger partial charge in [0, 0.05) is 24.2 Å². The zero-order valence-corrected chi connectivity index (χ0v) is 14.0. The summed E-state index contributed by atoms with van der Waals surface area (Å²) in [6.07, 6.45) is 0. The van der Waals surface area contributed by atoms with Gasteiger partial charge in [-0.2, -0.15) is 0 Å². The minimum atomic E-state index is -4.05. The van der Waals surface area contributed by atoms with Gasteiger partial charge in [-0.3, -0.25) is 0 Å². The maximum Gasteiger partial charge on any atom is 0.244 e. The van der Waals surface area contributed by atoms with Crippen molar-refractivity contribution >= 4 is 21.6 Å². The summed E-state index contributed by atoms with van der Waals surface area (Å²) in [6.45, 7) is 3.62. The van der Waals surface area contributed by atoms with Crippen molar-refractivity contribution in [2.45, 2.75) is 30.8 Å². The van der Waals surface area contributed by atoms with Gasteiger partial charge in [-0.05, 0) is 33.0 Å². The molecule has 1 aromatic carbocycles. The molecule has 0 bridgehead atoms. The molecule has 0 heterocycles. The maximum atomic E-state index is 14.3. The monoisotopic (exact) mass is 338 g/mol. The molecule has 0 aromatic heterocycles. The number of benzene rings is 1. The molecule has 0 fully saturated rings. The molecule has 0 aliphatic heterocycles. The summed E-state index contributed by atoms with van der Waals surface area (Å²) in [5.41, 5.74) is -0.680. The maximum absolute atomic E-state index is 14.3. The van der Waals surface area contributed by atoms with E-state index in [0.717, 1.165) is 6.07 Å². The average Bonchev–Trinajstić information content (AvgIpc) is 2.31. The molecule has 0 spiro atoms. The van der Waals surface area contributed by atoms with Crippen molar-refractivity contribution < 1.29 is 17.5 Å². The fraction of sp³-hybridized carbons (Fsp3) is 0.538. The third-order valence-electron chi connectivity index (χ3n) is 2.65. The zero-order chi connectivity index (χ0) is 16.3. The van der Waals surface area contributed by atoms with E-state index in [4.69, 9.17) is 16.3 Å². The zero-order valence-electron chi connectivity index (χ0n) is 12.5. The Labute approximate surface area is 129 Å². The third kappa shape index (κ3) is 4.89. The Morgan fingerprint density at radius 3 is 2.52 bits per heavy atom. The molecule has 1 rings (SSSR count). The minimum Gasteiger partial charge on any atom is -0.383 e. The normalized spacial score (nSPS) is 12.7. The second-order valence-electron chi connectivity index (χ2n) is 5.33. The summed E-state index contributed by atoms with van der Waals surface area (Å²) in [6, 6.07) is 2.49. The highest BCUT2D eigenvalue weighted by atomic mass is 35.5. The van der Waals surface area contributed by atoms with E-state index in [0.29, 0.717) is 0 Å². The van der Waals surface area contributed by atoms with Gasteiger partial charge < -0.3 is 10.1 Å². The lowest BCUT2D eigenvalue weighted by molar-refractivity contribution is 0.141. The Kier molecular flexibility index (Phi) is 6.12. The number of halogens is 2. The Hall–Kier alpha value is -0.730. The fourth-order valence-corrected chi connectivity index (χ4v) is 3.79. The van der Waals surface area contributed by atoms with E-state index >= 15 is 0 Å². The first-order chi connectivity index (χ1) is 9.63. The van der Waals surface area contributed by atoms with Crippen LogP contribution in [0.15, 0.2) is 17.0 Å². The molecule has 0 aliphatic rings. The van der Waals surface area contributed by atoms with Crippen LogP contribution in [0.1, 0.15) is 19.4 Å². The number of hydrogen-bond donors (Lipinski definition) is 2. The fourth-order valence-electron chi connectivity index (χ4n) is 1.94. The molecule has 0 unspecified atom stereocenters. The molecule has 21 heavy (non-hydrogen) atoms. The highest BCUT2D eigenvalue weighted by molar-refractivity contribution is 7.89. The molecule has 0 amide bonds. The van der Waals surface area contributed by atoms with Crippen LogP contribution in [0.3, 0.4) is 0 Å². The molecule has 120 valence electrons. The standard InChI is InChI=1S/C13H20ClFN2O3S/c1-13(2,8-20-4)17-21(18,19)11-6-10(14)5-9(7-16-3)12(11)15/h5-6,16-17H,7-8H2,1-4H3. The van der Waals surface area contributed by atoms with Crippen LogP contribution in [0, 0.1) is 5.82 Å². The summed E-state index contributed by atoms with van der Waals surface area (Å²) in [4.78, 5) is -0.468. The molecule has 8 heteroatoms. The highest BCUT2D eigenvalue weighted by Gasteiger charge is 2.29. The van der Waals surface area contributed by atoms with Crippen molar-refractivity contribution in [1.29, 1.82) is 0 Å². The predicted molar refractivity (Wildman–Crippen MR) is 80.5 cm³/mol. The summed E-state index contributed by atoms with van der Waals surface area (Å²) in [5, 5.41) is 2.92. The van der Waals surface area contributed by atoms with Crippen molar-refractivity contribution in [1.82, 2.24) is 10.0 Å². The molecule has 1 aromatic rings. The Balaban J connectivity index is 3.25. The average molecular weight is 339 g/mol. The number of nitrogens with one attached hydrogen (secondary N) is 2. The lowest BCUT2D eigenvalue weighted by atomic mass is 10.1. The van der Waals surface area contributed by atoms with Crippen LogP contribution in [-0.4, -0.2) is 34.7 Å². The van der Waals surface area contributed by atoms with Crippen LogP contribution < -0.4 is 10.0 Å². The van der Waals surface area contributed by atoms with Gasteiger partial charge >= 0.3 is 0 Å². The van der Waals surface area contributed by atoms with Gasteiger partial charge in [0.1, 0.15) is 10.7 Å². The van der Waals surface area contributed by atoms with Crippen LogP contribution in [0.2, 0.25) is 5.02 Å². The first kappa shape index (κ1) is 18.3. The molecular weight excluding hydrogens is 319 g/mol. The van der Waals surface area contributed by atoms with E-state index in [1.54, 1.807) is 20.9 Å². The van der Waals surface area contributed by atoms with Crippen molar-refractivity contribution in [3.63, 3.8) is 0 Å². The van der Waals surface area contributed by atoms with Crippen molar-refractivity contribution in [2.24, 2.45) is 0 Å². The Bertz CT molecular complexity index is 606. The van der Waals surface area contributed by atoms with Gasteiger partial charge in [0.15, 0.2) is 0 Å². The van der Waals surface area contributed by atoms with E-state index in [-0.39, 0.29) is 23.7 Å². The Morgan fingerprint density at radius 1 is 1.38 bits per heavy atom. The molecule has 0 saturated carbocycles. The number of methoxy groups -OCH3 is 1. The molecule has 0 radical (unpaired) electrons. The lowest BCUT2D eigenvalue weighted by Crippen LogP contribution is -2.46. The van der Waals surface area contributed by atoms with Gasteiger partial charge in [0.25, 0.3) is 0 Å². The lowest BCUT2D eigenvalue weighted by Gasteiger charge is -2.25. The molecule has 2 N–H and O–H groups in total. The van der Waals surface area contributed by atoms with Crippen LogP contribution >= 0.6 is 11.6 Å². The quantitative estimate of drug-likeness (QED) is 0.797. The largest absolute Gasteiger partial charge is 0.383 e. The highest BCUT2D eigenvalue weighted by Crippen LogP contribution is 2.24. The van der Waals surface area contributed by atoms with Gasteiger partial charge in [-0.15, -0.1) is 0 Å². The predicted octanol–water partition coefficient (Wildman–Crippen LogP) is 1.90. The molecule has 5 nitrogen and oxygen atoms in total. The van der Waals surface area contributed by atoms with E-state index in [1.807, 2.05) is 0 Å². The Morgan fingerprint density at radius 2 is 2.00 bits per heavy atom. The van der Waals surface area contributed by atoms with Crippen LogP contribution in [0.4, 0.5) is 4.39 Å². The number of rotatable bonds is 7. The number of hydrogen-bond acceptors (Lipinski definition) is 4. The summed E-state index contributed by atoms with van der Waals surface area (Å²) < 4.78 is 46.4. The van der Waals surface area contributed by atoms with Crippen LogP contribution in [0.25, 0.3) is 0 Å². The van der Waals surface area contributed by atoms with Crippen molar-refractivity contribution in [3.05, 3.63) is 28.5 Å². The summed E-state index contributed by atoms with van der Waals surface area (Å²) in [7, 11) is -0.959. The summed E-state index contributed by atoms with van der Waals surface area (Å²) >= 11 is 5.88. The van der Waals surface area contributed by atoms with Gasteiger partial charge in [0.2, 0.25) is 10.0 Å². The molecular formula is C13H20ClFN2O3S. The van der Waals surface area contributed by atoms with Crippen LogP contribution in [0.5, 0.6) is 0 Å². The molecule has 0 saturated heterocycles. The van der Waals surface area contributed by atoms with E-state index in [9.17, 15) is 12.8 Å². The van der Waals surface area contributed by atoms with Crippen LogP contribution in [-0.2, 0) is 21.3 Å². The number of sulfonamides is 1. The van der Waals surface area contributed by atoms with E-state index in [1.165, 1.54) is 13.2 Å². The topological polar surface area (TPSA) is 67.4 Å². The first-order valence-corrected chi connectivity index (χ1v) is 8.14. The third-order valence-corrected chi connectivity index (χ3v) is 4.57. The SMILES string of the molecule is CNCc1cc(Cl)cc(S(=O)(=O)NC(C)(C)COC)c1F. The van der Waals surface area contributed by atoms with Gasteiger partial charge in [-0.1, -0.05) is 11.6 Å².